The second-order valence-corrected chi connectivity index (χ2v) is 5.66. The highest BCUT2D eigenvalue weighted by molar-refractivity contribution is 7.98. The highest BCUT2D eigenvalue weighted by Gasteiger charge is 2.08. The van der Waals surface area contributed by atoms with E-state index in [0.29, 0.717) is 0 Å². The van der Waals surface area contributed by atoms with Gasteiger partial charge < -0.3 is 10.6 Å². The van der Waals surface area contributed by atoms with Crippen LogP contribution in [0.15, 0.2) is 18.2 Å². The molecule has 2 N–H and O–H groups in total. The molecule has 1 unspecified atom stereocenters. The molecule has 0 saturated carbocycles. The van der Waals surface area contributed by atoms with Crippen molar-refractivity contribution in [3.63, 3.8) is 0 Å². The van der Waals surface area contributed by atoms with Crippen molar-refractivity contribution in [3.8, 4) is 0 Å². The smallest absolute Gasteiger partial charge is 0.0642 e. The van der Waals surface area contributed by atoms with Crippen LogP contribution in [0.5, 0.6) is 0 Å². The van der Waals surface area contributed by atoms with Gasteiger partial charge in [-0.15, -0.1) is 0 Å². The monoisotopic (exact) mass is 272 g/mol. The molecule has 1 rings (SSSR count). The Morgan fingerprint density at radius 3 is 2.71 bits per heavy atom. The van der Waals surface area contributed by atoms with Gasteiger partial charge in [0.05, 0.1) is 10.7 Å². The van der Waals surface area contributed by atoms with Crippen molar-refractivity contribution in [2.45, 2.75) is 19.4 Å². The van der Waals surface area contributed by atoms with Gasteiger partial charge in [0.2, 0.25) is 0 Å². The van der Waals surface area contributed by atoms with Gasteiger partial charge in [0.1, 0.15) is 0 Å². The minimum atomic E-state index is 0.0309. The van der Waals surface area contributed by atoms with Crippen molar-refractivity contribution in [1.29, 1.82) is 0 Å². The third-order valence-electron chi connectivity index (χ3n) is 2.75. The lowest BCUT2D eigenvalue weighted by Crippen LogP contribution is -2.19. The van der Waals surface area contributed by atoms with Crippen LogP contribution < -0.4 is 10.6 Å². The average Bonchev–Trinajstić information content (AvgIpc) is 2.28. The number of halogens is 1. The van der Waals surface area contributed by atoms with Gasteiger partial charge in [0.15, 0.2) is 0 Å². The van der Waals surface area contributed by atoms with E-state index < -0.39 is 0 Å². The van der Waals surface area contributed by atoms with Crippen LogP contribution in [0.25, 0.3) is 0 Å². The molecule has 0 spiro atoms. The van der Waals surface area contributed by atoms with E-state index in [1.807, 2.05) is 24.8 Å². The second kappa shape index (κ2) is 7.14. The van der Waals surface area contributed by atoms with Gasteiger partial charge in [-0.1, -0.05) is 17.7 Å². The molecule has 0 heterocycles. The number of anilines is 1. The fourth-order valence-corrected chi connectivity index (χ4v) is 2.43. The molecule has 96 valence electrons. The summed E-state index contributed by atoms with van der Waals surface area (Å²) < 4.78 is 0. The molecule has 0 radical (unpaired) electrons. The van der Waals surface area contributed by atoms with E-state index in [0.717, 1.165) is 22.8 Å². The average molecular weight is 273 g/mol. The van der Waals surface area contributed by atoms with Crippen molar-refractivity contribution in [2.75, 3.05) is 30.5 Å². The van der Waals surface area contributed by atoms with Gasteiger partial charge in [-0.25, -0.2) is 0 Å². The van der Waals surface area contributed by atoms with Crippen molar-refractivity contribution in [3.05, 3.63) is 28.8 Å². The van der Waals surface area contributed by atoms with Crippen molar-refractivity contribution >= 4 is 29.1 Å². The SMILES string of the molecule is CSCCCN(C)c1ccc(C(C)N)cc1Cl. The van der Waals surface area contributed by atoms with Gasteiger partial charge in [0, 0.05) is 19.6 Å². The Balaban J connectivity index is 2.70. The highest BCUT2D eigenvalue weighted by atomic mass is 35.5. The van der Waals surface area contributed by atoms with Crippen LogP contribution in [0.1, 0.15) is 24.9 Å². The fraction of sp³-hybridized carbons (Fsp3) is 0.538. The zero-order valence-electron chi connectivity index (χ0n) is 10.7. The zero-order valence-corrected chi connectivity index (χ0v) is 12.3. The summed E-state index contributed by atoms with van der Waals surface area (Å²) in [5.74, 6) is 1.18. The first kappa shape index (κ1) is 14.7. The number of nitrogens with zero attached hydrogens (tertiary/aromatic N) is 1. The minimum Gasteiger partial charge on any atom is -0.373 e. The number of rotatable bonds is 6. The van der Waals surface area contributed by atoms with Gasteiger partial charge in [-0.3, -0.25) is 0 Å². The van der Waals surface area contributed by atoms with E-state index in [1.165, 1.54) is 12.2 Å². The molecule has 0 aromatic heterocycles. The predicted molar refractivity (Wildman–Crippen MR) is 80.3 cm³/mol. The predicted octanol–water partition coefficient (Wildman–Crippen LogP) is 3.55. The molecule has 0 amide bonds. The standard InChI is InChI=1S/C13H21ClN2S/c1-10(15)11-5-6-13(12(14)9-11)16(2)7-4-8-17-3/h5-6,9-10H,4,7-8,15H2,1-3H3. The van der Waals surface area contributed by atoms with Crippen molar-refractivity contribution in [2.24, 2.45) is 5.73 Å². The van der Waals surface area contributed by atoms with Gasteiger partial charge in [-0.2, -0.15) is 11.8 Å². The Morgan fingerprint density at radius 2 is 2.18 bits per heavy atom. The summed E-state index contributed by atoms with van der Waals surface area (Å²) in [5, 5.41) is 0.784. The first-order valence-electron chi connectivity index (χ1n) is 5.81. The Bertz CT molecular complexity index is 355. The van der Waals surface area contributed by atoms with Crippen molar-refractivity contribution < 1.29 is 0 Å². The summed E-state index contributed by atoms with van der Waals surface area (Å²) in [5.41, 5.74) is 7.99. The van der Waals surface area contributed by atoms with E-state index in [4.69, 9.17) is 17.3 Å². The van der Waals surface area contributed by atoms with E-state index in [-0.39, 0.29) is 6.04 Å². The lowest BCUT2D eigenvalue weighted by molar-refractivity contribution is 0.815. The summed E-state index contributed by atoms with van der Waals surface area (Å²) in [4.78, 5) is 2.20. The molecule has 17 heavy (non-hydrogen) atoms. The van der Waals surface area contributed by atoms with E-state index in [9.17, 15) is 0 Å². The number of thioether (sulfide) groups is 1. The Morgan fingerprint density at radius 1 is 1.47 bits per heavy atom. The van der Waals surface area contributed by atoms with E-state index >= 15 is 0 Å². The van der Waals surface area contributed by atoms with Crippen LogP contribution in [0.4, 0.5) is 5.69 Å². The molecule has 0 aliphatic carbocycles. The first-order valence-corrected chi connectivity index (χ1v) is 7.58. The summed E-state index contributed by atoms with van der Waals surface area (Å²) in [6.07, 6.45) is 3.30. The Hall–Kier alpha value is -0.380. The van der Waals surface area contributed by atoms with Crippen molar-refractivity contribution in [1.82, 2.24) is 0 Å². The van der Waals surface area contributed by atoms with Crippen LogP contribution >= 0.6 is 23.4 Å². The largest absolute Gasteiger partial charge is 0.373 e. The van der Waals surface area contributed by atoms with Gasteiger partial charge in [-0.05, 0) is 43.0 Å². The molecule has 4 heteroatoms. The maximum absolute atomic E-state index is 6.28. The normalized spacial score (nSPS) is 12.5. The summed E-state index contributed by atoms with van der Waals surface area (Å²) in [6.45, 7) is 2.99. The second-order valence-electron chi connectivity index (χ2n) is 4.27. The lowest BCUT2D eigenvalue weighted by atomic mass is 10.1. The Kier molecular flexibility index (Phi) is 6.17. The lowest BCUT2D eigenvalue weighted by Gasteiger charge is -2.21. The molecular formula is C13H21ClN2S. The quantitative estimate of drug-likeness (QED) is 0.803. The number of nitrogens with two attached hydrogens (primary N) is 1. The summed E-state index contributed by atoms with van der Waals surface area (Å²) >= 11 is 8.15. The van der Waals surface area contributed by atoms with Crippen LogP contribution in [-0.4, -0.2) is 25.6 Å². The Labute approximate surface area is 114 Å². The summed E-state index contributed by atoms with van der Waals surface area (Å²) in [7, 11) is 2.08. The van der Waals surface area contributed by atoms with Crippen LogP contribution in [0, 0.1) is 0 Å². The first-order chi connectivity index (χ1) is 8.06. The maximum atomic E-state index is 6.28. The molecule has 0 aliphatic heterocycles. The van der Waals surface area contributed by atoms with Crippen LogP contribution in [0.2, 0.25) is 5.02 Å². The number of hydrogen-bond acceptors (Lipinski definition) is 3. The van der Waals surface area contributed by atoms with Gasteiger partial charge in [0.25, 0.3) is 0 Å². The molecule has 0 saturated heterocycles. The van der Waals surface area contributed by atoms with Gasteiger partial charge >= 0.3 is 0 Å². The van der Waals surface area contributed by atoms with Crippen LogP contribution in [0.3, 0.4) is 0 Å². The molecule has 1 atom stereocenters. The summed E-state index contributed by atoms with van der Waals surface area (Å²) in [6, 6.07) is 6.10. The third kappa shape index (κ3) is 4.41. The molecule has 0 fully saturated rings. The highest BCUT2D eigenvalue weighted by Crippen LogP contribution is 2.27. The third-order valence-corrected chi connectivity index (χ3v) is 3.75. The van der Waals surface area contributed by atoms with E-state index in [2.05, 4.69) is 30.3 Å². The zero-order chi connectivity index (χ0) is 12.8. The number of benzene rings is 1. The number of hydrogen-bond donors (Lipinski definition) is 1. The molecule has 0 bridgehead atoms. The fourth-order valence-electron chi connectivity index (χ4n) is 1.68. The molecular weight excluding hydrogens is 252 g/mol. The molecule has 1 aromatic carbocycles. The molecule has 2 nitrogen and oxygen atoms in total. The minimum absolute atomic E-state index is 0.0309. The molecule has 1 aromatic rings. The topological polar surface area (TPSA) is 29.3 Å². The maximum Gasteiger partial charge on any atom is 0.0642 e. The van der Waals surface area contributed by atoms with E-state index in [1.54, 1.807) is 0 Å². The molecule has 0 aliphatic rings. The van der Waals surface area contributed by atoms with Crippen LogP contribution in [-0.2, 0) is 0 Å².